The van der Waals surface area contributed by atoms with E-state index in [0.29, 0.717) is 11.4 Å². The smallest absolute Gasteiger partial charge is 0.336 e. The second kappa shape index (κ2) is 8.08. The maximum Gasteiger partial charge on any atom is 0.336 e. The maximum absolute atomic E-state index is 11.8. The predicted molar refractivity (Wildman–Crippen MR) is 95.2 cm³/mol. The van der Waals surface area contributed by atoms with Crippen molar-refractivity contribution >= 4 is 23.4 Å². The van der Waals surface area contributed by atoms with Gasteiger partial charge in [0.1, 0.15) is 5.75 Å². The lowest BCUT2D eigenvalue weighted by Crippen LogP contribution is -2.27. The molecule has 0 radical (unpaired) electrons. The summed E-state index contributed by atoms with van der Waals surface area (Å²) in [5, 5.41) is 9.85. The molecule has 2 aromatic carbocycles. The molecule has 6 heteroatoms. The highest BCUT2D eigenvalue weighted by molar-refractivity contribution is 7.99. The normalized spacial score (nSPS) is 13.2. The Hall–Kier alpha value is -2.18. The zero-order chi connectivity index (χ0) is 17.7. The summed E-state index contributed by atoms with van der Waals surface area (Å²) in [6.45, 7) is 1.95. The van der Waals surface area contributed by atoms with Crippen LogP contribution in [0.15, 0.2) is 47.4 Å². The fraction of sp³-hybridized carbons (Fsp3) is 0.278. The molecule has 0 unspecified atom stereocenters. The third-order valence-electron chi connectivity index (χ3n) is 3.59. The first-order chi connectivity index (χ1) is 11.5. The van der Waals surface area contributed by atoms with E-state index in [2.05, 4.69) is 4.74 Å². The van der Waals surface area contributed by atoms with E-state index in [1.54, 1.807) is 19.2 Å². The highest BCUT2D eigenvalue weighted by atomic mass is 32.2. The Bertz CT molecular complexity index is 703. The van der Waals surface area contributed by atoms with Gasteiger partial charge in [0.15, 0.2) is 6.10 Å². The van der Waals surface area contributed by atoms with E-state index in [0.717, 1.165) is 16.0 Å². The minimum Gasteiger partial charge on any atom is -0.497 e. The topological polar surface area (TPSA) is 81.8 Å². The Kier molecular flexibility index (Phi) is 6.11. The van der Waals surface area contributed by atoms with Gasteiger partial charge in [0, 0.05) is 10.6 Å². The Labute approximate surface area is 145 Å². The molecule has 0 aliphatic rings. The minimum atomic E-state index is -1.31. The van der Waals surface area contributed by atoms with Crippen molar-refractivity contribution in [3.05, 3.63) is 53.6 Å². The molecule has 0 spiro atoms. The summed E-state index contributed by atoms with van der Waals surface area (Å²) in [5.41, 5.74) is 8.49. The van der Waals surface area contributed by atoms with Crippen LogP contribution in [0.3, 0.4) is 0 Å². The van der Waals surface area contributed by atoms with Gasteiger partial charge in [0.2, 0.25) is 0 Å². The first kappa shape index (κ1) is 18.2. The quantitative estimate of drug-likeness (QED) is 0.475. The van der Waals surface area contributed by atoms with Crippen LogP contribution in [0.4, 0.5) is 5.69 Å². The number of hydrogen-bond acceptors (Lipinski definition) is 6. The summed E-state index contributed by atoms with van der Waals surface area (Å²) in [6.07, 6.45) is -1.31. The number of aliphatic hydroxyl groups excluding tert-OH is 1. The number of anilines is 1. The van der Waals surface area contributed by atoms with E-state index >= 15 is 0 Å². The summed E-state index contributed by atoms with van der Waals surface area (Å²) in [4.78, 5) is 12.6. The largest absolute Gasteiger partial charge is 0.497 e. The predicted octanol–water partition coefficient (Wildman–Crippen LogP) is 2.95. The van der Waals surface area contributed by atoms with Gasteiger partial charge in [-0.05, 0) is 42.3 Å². The maximum atomic E-state index is 11.8. The van der Waals surface area contributed by atoms with Gasteiger partial charge >= 0.3 is 5.97 Å². The fourth-order valence-corrected chi connectivity index (χ4v) is 3.41. The standard InChI is InChI=1S/C18H21NO4S/c1-11-4-9-15(14(19)10-11)24-17(16(20)18(21)23-3)12-5-7-13(22-2)8-6-12/h4-10,16-17,20H,19H2,1-3H3/t16-,17+/m0/s1. The number of nitrogen functional groups attached to an aromatic ring is 1. The monoisotopic (exact) mass is 347 g/mol. The highest BCUT2D eigenvalue weighted by Gasteiger charge is 2.30. The van der Waals surface area contributed by atoms with E-state index in [9.17, 15) is 9.90 Å². The number of aryl methyl sites for hydroxylation is 1. The molecule has 2 rings (SSSR count). The molecule has 2 aromatic rings. The summed E-state index contributed by atoms with van der Waals surface area (Å²) >= 11 is 1.33. The average Bonchev–Trinajstić information content (AvgIpc) is 2.60. The molecule has 0 fully saturated rings. The molecule has 128 valence electrons. The lowest BCUT2D eigenvalue weighted by molar-refractivity contribution is -0.150. The van der Waals surface area contributed by atoms with E-state index in [-0.39, 0.29) is 0 Å². The second-order valence-corrected chi connectivity index (χ2v) is 6.50. The molecule has 0 saturated heterocycles. The van der Waals surface area contributed by atoms with Crippen molar-refractivity contribution in [2.45, 2.75) is 23.2 Å². The zero-order valence-corrected chi connectivity index (χ0v) is 14.7. The van der Waals surface area contributed by atoms with Crippen LogP contribution in [-0.2, 0) is 9.53 Å². The van der Waals surface area contributed by atoms with Crippen LogP contribution in [0.2, 0.25) is 0 Å². The van der Waals surface area contributed by atoms with Gasteiger partial charge < -0.3 is 20.3 Å². The third kappa shape index (κ3) is 4.21. The number of carbonyl (C=O) groups excluding carboxylic acids is 1. The molecule has 5 nitrogen and oxygen atoms in total. The number of aliphatic hydroxyl groups is 1. The molecule has 0 bridgehead atoms. The van der Waals surface area contributed by atoms with E-state index < -0.39 is 17.3 Å². The van der Waals surface area contributed by atoms with Gasteiger partial charge in [-0.3, -0.25) is 0 Å². The number of ether oxygens (including phenoxy) is 2. The van der Waals surface area contributed by atoms with Crippen molar-refractivity contribution in [3.63, 3.8) is 0 Å². The highest BCUT2D eigenvalue weighted by Crippen LogP contribution is 2.41. The van der Waals surface area contributed by atoms with Gasteiger partial charge in [-0.2, -0.15) is 0 Å². The molecule has 3 N–H and O–H groups in total. The van der Waals surface area contributed by atoms with Crippen molar-refractivity contribution in [1.82, 2.24) is 0 Å². The summed E-state index contributed by atoms with van der Waals surface area (Å²) in [7, 11) is 2.83. The number of benzene rings is 2. The van der Waals surface area contributed by atoms with Gasteiger partial charge in [0.25, 0.3) is 0 Å². The van der Waals surface area contributed by atoms with Crippen molar-refractivity contribution in [2.24, 2.45) is 0 Å². The average molecular weight is 347 g/mol. The molecule has 0 aliphatic heterocycles. The number of thioether (sulfide) groups is 1. The van der Waals surface area contributed by atoms with E-state index in [1.807, 2.05) is 37.3 Å². The molecule has 0 aromatic heterocycles. The third-order valence-corrected chi connectivity index (χ3v) is 5.00. The van der Waals surface area contributed by atoms with Crippen LogP contribution in [0.5, 0.6) is 5.75 Å². The number of hydrogen-bond donors (Lipinski definition) is 2. The van der Waals surface area contributed by atoms with Gasteiger partial charge in [0.05, 0.1) is 19.5 Å². The molecule has 0 amide bonds. The summed E-state index contributed by atoms with van der Waals surface area (Å²) < 4.78 is 9.84. The first-order valence-electron chi connectivity index (χ1n) is 7.39. The van der Waals surface area contributed by atoms with Crippen LogP contribution in [0.25, 0.3) is 0 Å². The minimum absolute atomic E-state index is 0.548. The summed E-state index contributed by atoms with van der Waals surface area (Å²) in [5.74, 6) is 0.0129. The fourth-order valence-electron chi connectivity index (χ4n) is 2.26. The molecule has 24 heavy (non-hydrogen) atoms. The molecular weight excluding hydrogens is 326 g/mol. The Morgan fingerprint density at radius 3 is 2.38 bits per heavy atom. The number of nitrogens with two attached hydrogens (primary N) is 1. The Morgan fingerprint density at radius 2 is 1.83 bits per heavy atom. The van der Waals surface area contributed by atoms with Crippen LogP contribution in [0, 0.1) is 6.92 Å². The van der Waals surface area contributed by atoms with Crippen molar-refractivity contribution in [1.29, 1.82) is 0 Å². The number of esters is 1. The Morgan fingerprint density at radius 1 is 1.17 bits per heavy atom. The van der Waals surface area contributed by atoms with Gasteiger partial charge in [-0.25, -0.2) is 4.79 Å². The first-order valence-corrected chi connectivity index (χ1v) is 8.27. The van der Waals surface area contributed by atoms with E-state index in [4.69, 9.17) is 10.5 Å². The van der Waals surface area contributed by atoms with Crippen molar-refractivity contribution < 1.29 is 19.4 Å². The number of rotatable bonds is 6. The second-order valence-electron chi connectivity index (χ2n) is 5.32. The molecule has 0 saturated carbocycles. The van der Waals surface area contributed by atoms with Crippen LogP contribution in [0.1, 0.15) is 16.4 Å². The SMILES string of the molecule is COC(=O)[C@@H](O)[C@H](Sc1ccc(C)cc1N)c1ccc(OC)cc1. The van der Waals surface area contributed by atoms with Gasteiger partial charge in [-0.1, -0.05) is 18.2 Å². The van der Waals surface area contributed by atoms with Crippen LogP contribution < -0.4 is 10.5 Å². The van der Waals surface area contributed by atoms with E-state index in [1.165, 1.54) is 18.9 Å². The molecule has 2 atom stereocenters. The molecule has 0 aliphatic carbocycles. The molecule has 0 heterocycles. The number of methoxy groups -OCH3 is 2. The zero-order valence-electron chi connectivity index (χ0n) is 13.9. The van der Waals surface area contributed by atoms with Crippen molar-refractivity contribution in [3.8, 4) is 5.75 Å². The van der Waals surface area contributed by atoms with Crippen LogP contribution in [-0.4, -0.2) is 31.4 Å². The molecular formula is C18H21NO4S. The number of carbonyl (C=O) groups is 1. The summed E-state index contributed by atoms with van der Waals surface area (Å²) in [6, 6.07) is 12.9. The Balaban J connectivity index is 2.36. The lowest BCUT2D eigenvalue weighted by atomic mass is 10.1. The van der Waals surface area contributed by atoms with Gasteiger partial charge in [-0.15, -0.1) is 11.8 Å². The van der Waals surface area contributed by atoms with Crippen LogP contribution >= 0.6 is 11.8 Å². The van der Waals surface area contributed by atoms with Crippen molar-refractivity contribution in [2.75, 3.05) is 20.0 Å². The lowest BCUT2D eigenvalue weighted by Gasteiger charge is -2.22.